The molecule has 0 fully saturated rings. The largest absolute Gasteiger partial charge is 0.452 e. The summed E-state index contributed by atoms with van der Waals surface area (Å²) in [4.78, 5) is 23.9. The van der Waals surface area contributed by atoms with Gasteiger partial charge in [0.2, 0.25) is 10.0 Å². The van der Waals surface area contributed by atoms with Crippen molar-refractivity contribution in [2.45, 2.75) is 4.90 Å². The number of hydrogen-bond donors (Lipinski definition) is 2. The van der Waals surface area contributed by atoms with E-state index in [1.54, 1.807) is 6.07 Å². The second-order valence-electron chi connectivity index (χ2n) is 5.41. The Morgan fingerprint density at radius 2 is 1.79 bits per heavy atom. The smallest absolute Gasteiger partial charge is 0.338 e. The highest BCUT2D eigenvalue weighted by molar-refractivity contribution is 7.89. The van der Waals surface area contributed by atoms with E-state index in [0.717, 1.165) is 0 Å². The van der Waals surface area contributed by atoms with Gasteiger partial charge in [-0.05, 0) is 42.5 Å². The Labute approximate surface area is 172 Å². The molecule has 0 heterocycles. The van der Waals surface area contributed by atoms with Gasteiger partial charge in [-0.15, -0.1) is 6.58 Å². The predicted octanol–water partition coefficient (Wildman–Crippen LogP) is 3.25. The molecule has 0 aliphatic heterocycles. The Morgan fingerprint density at radius 3 is 2.43 bits per heavy atom. The molecule has 10 heteroatoms. The number of nitrogens with one attached hydrogen (secondary N) is 2. The lowest BCUT2D eigenvalue weighted by atomic mass is 10.2. The normalized spacial score (nSPS) is 10.9. The number of esters is 1. The van der Waals surface area contributed by atoms with Crippen molar-refractivity contribution in [3.8, 4) is 0 Å². The van der Waals surface area contributed by atoms with E-state index in [1.165, 1.54) is 42.5 Å². The SMILES string of the molecule is C=CCNS(=O)(=O)c1ccc(C(=O)OCC(=O)Nc2cc(Cl)ccc2Cl)cc1. The molecule has 2 aromatic rings. The van der Waals surface area contributed by atoms with E-state index in [0.29, 0.717) is 5.02 Å². The number of carbonyl (C=O) groups is 2. The molecule has 0 spiro atoms. The maximum absolute atomic E-state index is 12.0. The molecule has 148 valence electrons. The van der Waals surface area contributed by atoms with Gasteiger partial charge in [-0.1, -0.05) is 29.3 Å². The number of amides is 1. The maximum atomic E-state index is 12.0. The summed E-state index contributed by atoms with van der Waals surface area (Å²) in [6.45, 7) is 2.96. The molecular weight excluding hydrogens is 427 g/mol. The van der Waals surface area contributed by atoms with Gasteiger partial charge in [0.15, 0.2) is 6.61 Å². The van der Waals surface area contributed by atoms with E-state index in [9.17, 15) is 18.0 Å². The zero-order valence-electron chi connectivity index (χ0n) is 14.4. The number of hydrogen-bond acceptors (Lipinski definition) is 5. The fourth-order valence-electron chi connectivity index (χ4n) is 2.02. The van der Waals surface area contributed by atoms with Gasteiger partial charge in [-0.25, -0.2) is 17.9 Å². The minimum Gasteiger partial charge on any atom is -0.452 e. The number of benzene rings is 2. The first-order valence-corrected chi connectivity index (χ1v) is 10.1. The van der Waals surface area contributed by atoms with Crippen LogP contribution in [0.1, 0.15) is 10.4 Å². The molecule has 0 aliphatic rings. The van der Waals surface area contributed by atoms with Gasteiger partial charge in [0.25, 0.3) is 5.91 Å². The summed E-state index contributed by atoms with van der Waals surface area (Å²) in [6.07, 6.45) is 1.41. The van der Waals surface area contributed by atoms with Crippen LogP contribution in [0.25, 0.3) is 0 Å². The molecule has 2 aromatic carbocycles. The third-order valence-corrected chi connectivity index (χ3v) is 5.36. The van der Waals surface area contributed by atoms with Crippen LogP contribution < -0.4 is 10.0 Å². The molecule has 0 aliphatic carbocycles. The number of ether oxygens (including phenoxy) is 1. The number of halogens is 2. The first-order chi connectivity index (χ1) is 13.2. The zero-order chi connectivity index (χ0) is 20.7. The molecular formula is C18H16Cl2N2O5S. The summed E-state index contributed by atoms with van der Waals surface area (Å²) < 4.78 is 31.2. The average Bonchev–Trinajstić information content (AvgIpc) is 2.67. The highest BCUT2D eigenvalue weighted by atomic mass is 35.5. The van der Waals surface area contributed by atoms with E-state index in [1.807, 2.05) is 0 Å². The summed E-state index contributed by atoms with van der Waals surface area (Å²) in [5.41, 5.74) is 0.382. The van der Waals surface area contributed by atoms with E-state index in [2.05, 4.69) is 16.6 Å². The lowest BCUT2D eigenvalue weighted by molar-refractivity contribution is -0.119. The van der Waals surface area contributed by atoms with Crippen LogP contribution in [0.3, 0.4) is 0 Å². The van der Waals surface area contributed by atoms with E-state index in [-0.39, 0.29) is 27.7 Å². The van der Waals surface area contributed by atoms with Gasteiger partial charge < -0.3 is 10.1 Å². The van der Waals surface area contributed by atoms with E-state index >= 15 is 0 Å². The first kappa shape index (κ1) is 21.9. The summed E-state index contributed by atoms with van der Waals surface area (Å²) in [6, 6.07) is 9.64. The molecule has 0 unspecified atom stereocenters. The van der Waals surface area contributed by atoms with Crippen LogP contribution in [0.4, 0.5) is 5.69 Å². The number of anilines is 1. The topological polar surface area (TPSA) is 102 Å². The third-order valence-electron chi connectivity index (χ3n) is 3.35. The lowest BCUT2D eigenvalue weighted by Crippen LogP contribution is -2.23. The minimum absolute atomic E-state index is 0.0146. The van der Waals surface area contributed by atoms with Crippen molar-refractivity contribution in [3.05, 3.63) is 70.7 Å². The highest BCUT2D eigenvalue weighted by Gasteiger charge is 2.15. The summed E-state index contributed by atoms with van der Waals surface area (Å²) in [7, 11) is -3.69. The monoisotopic (exact) mass is 442 g/mol. The summed E-state index contributed by atoms with van der Waals surface area (Å²) in [5.74, 6) is -1.39. The van der Waals surface area contributed by atoms with Crippen LogP contribution in [-0.4, -0.2) is 33.4 Å². The minimum atomic E-state index is -3.69. The molecule has 0 bridgehead atoms. The molecule has 1 amide bonds. The summed E-state index contributed by atoms with van der Waals surface area (Å²) >= 11 is 11.8. The Kier molecular flexibility index (Phi) is 7.59. The zero-order valence-corrected chi connectivity index (χ0v) is 16.8. The van der Waals surface area contributed by atoms with Crippen molar-refractivity contribution in [2.24, 2.45) is 0 Å². The van der Waals surface area contributed by atoms with Gasteiger partial charge in [-0.3, -0.25) is 4.79 Å². The van der Waals surface area contributed by atoms with Crippen molar-refractivity contribution >= 4 is 50.8 Å². The molecule has 0 radical (unpaired) electrons. The second kappa shape index (κ2) is 9.70. The fourth-order valence-corrected chi connectivity index (χ4v) is 3.35. The van der Waals surface area contributed by atoms with Gasteiger partial charge in [-0.2, -0.15) is 0 Å². The quantitative estimate of drug-likeness (QED) is 0.482. The first-order valence-electron chi connectivity index (χ1n) is 7.85. The molecule has 7 nitrogen and oxygen atoms in total. The van der Waals surface area contributed by atoms with Crippen molar-refractivity contribution in [1.29, 1.82) is 0 Å². The number of carbonyl (C=O) groups excluding carboxylic acids is 2. The molecule has 0 aromatic heterocycles. The van der Waals surface area contributed by atoms with E-state index in [4.69, 9.17) is 27.9 Å². The third kappa shape index (κ3) is 6.07. The van der Waals surface area contributed by atoms with Crippen LogP contribution in [0, 0.1) is 0 Å². The Balaban J connectivity index is 1.95. The molecule has 0 atom stereocenters. The number of rotatable bonds is 8. The van der Waals surface area contributed by atoms with Crippen LogP contribution >= 0.6 is 23.2 Å². The average molecular weight is 443 g/mol. The van der Waals surface area contributed by atoms with Gasteiger partial charge in [0.1, 0.15) is 0 Å². The standard InChI is InChI=1S/C18H16Cl2N2O5S/c1-2-9-21-28(25,26)14-6-3-12(4-7-14)18(24)27-11-17(23)22-16-10-13(19)5-8-15(16)20/h2-8,10,21H,1,9,11H2,(H,22,23). The van der Waals surface area contributed by atoms with Crippen LogP contribution in [0.5, 0.6) is 0 Å². The predicted molar refractivity (Wildman–Crippen MR) is 107 cm³/mol. The summed E-state index contributed by atoms with van der Waals surface area (Å²) in [5, 5.41) is 3.15. The Bertz CT molecular complexity index is 992. The van der Waals surface area contributed by atoms with Crippen LogP contribution in [0.2, 0.25) is 10.0 Å². The Morgan fingerprint density at radius 1 is 1.11 bits per heavy atom. The van der Waals surface area contributed by atoms with Crippen LogP contribution in [0.15, 0.2) is 60.0 Å². The Hall–Kier alpha value is -2.39. The molecule has 28 heavy (non-hydrogen) atoms. The van der Waals surface area contributed by atoms with E-state index < -0.39 is 28.5 Å². The number of sulfonamides is 1. The molecule has 0 saturated carbocycles. The second-order valence-corrected chi connectivity index (χ2v) is 8.02. The molecule has 2 N–H and O–H groups in total. The van der Waals surface area contributed by atoms with Crippen LogP contribution in [-0.2, 0) is 19.6 Å². The molecule has 2 rings (SSSR count). The van der Waals surface area contributed by atoms with Crippen molar-refractivity contribution < 1.29 is 22.7 Å². The van der Waals surface area contributed by atoms with Crippen molar-refractivity contribution in [3.63, 3.8) is 0 Å². The van der Waals surface area contributed by atoms with Crippen molar-refractivity contribution in [2.75, 3.05) is 18.5 Å². The lowest BCUT2D eigenvalue weighted by Gasteiger charge is -2.09. The van der Waals surface area contributed by atoms with Gasteiger partial charge >= 0.3 is 5.97 Å². The maximum Gasteiger partial charge on any atom is 0.338 e. The van der Waals surface area contributed by atoms with Gasteiger partial charge in [0.05, 0.1) is 21.2 Å². The highest BCUT2D eigenvalue weighted by Crippen LogP contribution is 2.25. The van der Waals surface area contributed by atoms with Gasteiger partial charge in [0, 0.05) is 11.6 Å². The molecule has 0 saturated heterocycles. The fraction of sp³-hybridized carbons (Fsp3) is 0.111. The van der Waals surface area contributed by atoms with Crippen molar-refractivity contribution in [1.82, 2.24) is 4.72 Å².